The van der Waals surface area contributed by atoms with Crippen molar-refractivity contribution in [3.63, 3.8) is 0 Å². The number of amides is 1. The van der Waals surface area contributed by atoms with E-state index in [1.54, 1.807) is 29.0 Å². The standard InChI is InChI=1S/C17H19ClN2O2/c18-12-6-7-15-14(10-12)16(21)8-9-20(15)11-17(22)19-13-4-2-1-3-5-13/h6-10,13H,1-5,11H2,(H,19,22). The van der Waals surface area contributed by atoms with Crippen LogP contribution in [-0.2, 0) is 11.3 Å². The van der Waals surface area contributed by atoms with Gasteiger partial charge >= 0.3 is 0 Å². The molecule has 0 spiro atoms. The van der Waals surface area contributed by atoms with Gasteiger partial charge in [0.25, 0.3) is 0 Å². The first-order valence-corrected chi connectivity index (χ1v) is 8.09. The SMILES string of the molecule is O=C(Cn1ccc(=O)c2cc(Cl)ccc21)NC1CCCCC1. The summed E-state index contributed by atoms with van der Waals surface area (Å²) in [5, 5.41) is 4.16. The van der Waals surface area contributed by atoms with Gasteiger partial charge < -0.3 is 9.88 Å². The summed E-state index contributed by atoms with van der Waals surface area (Å²) < 4.78 is 1.80. The first-order valence-electron chi connectivity index (χ1n) is 7.71. The van der Waals surface area contributed by atoms with Gasteiger partial charge in [-0.3, -0.25) is 9.59 Å². The van der Waals surface area contributed by atoms with Crippen LogP contribution in [0, 0.1) is 0 Å². The smallest absolute Gasteiger partial charge is 0.240 e. The molecule has 3 rings (SSSR count). The third kappa shape index (κ3) is 3.33. The summed E-state index contributed by atoms with van der Waals surface area (Å²) in [5.74, 6) is -0.00759. The minimum atomic E-state index is -0.0820. The van der Waals surface area contributed by atoms with Crippen LogP contribution in [0.1, 0.15) is 32.1 Å². The molecule has 1 saturated carbocycles. The highest BCUT2D eigenvalue weighted by atomic mass is 35.5. The number of carbonyl (C=O) groups excluding carboxylic acids is 1. The lowest BCUT2D eigenvalue weighted by molar-refractivity contribution is -0.122. The molecule has 0 bridgehead atoms. The van der Waals surface area contributed by atoms with Crippen molar-refractivity contribution in [2.45, 2.75) is 44.7 Å². The molecule has 1 aliphatic rings. The Kier molecular flexibility index (Phi) is 4.48. The highest BCUT2D eigenvalue weighted by Crippen LogP contribution is 2.18. The molecular weight excluding hydrogens is 300 g/mol. The van der Waals surface area contributed by atoms with Gasteiger partial charge in [-0.2, -0.15) is 0 Å². The number of halogens is 1. The summed E-state index contributed by atoms with van der Waals surface area (Å²) in [4.78, 5) is 24.2. The fourth-order valence-electron chi connectivity index (χ4n) is 3.10. The average Bonchev–Trinajstić information content (AvgIpc) is 2.51. The van der Waals surface area contributed by atoms with Crippen LogP contribution in [0.4, 0.5) is 0 Å². The Hall–Kier alpha value is -1.81. The predicted octanol–water partition coefficient (Wildman–Crippen LogP) is 3.10. The molecule has 4 nitrogen and oxygen atoms in total. The summed E-state index contributed by atoms with van der Waals surface area (Å²) in [6.07, 6.45) is 7.42. The van der Waals surface area contributed by atoms with Gasteiger partial charge in [0, 0.05) is 28.7 Å². The maximum Gasteiger partial charge on any atom is 0.240 e. The Morgan fingerprint density at radius 1 is 1.23 bits per heavy atom. The minimum Gasteiger partial charge on any atom is -0.352 e. The first kappa shape index (κ1) is 15.1. The molecule has 0 aliphatic heterocycles. The van der Waals surface area contributed by atoms with E-state index in [4.69, 9.17) is 11.6 Å². The fourth-order valence-corrected chi connectivity index (χ4v) is 3.27. The Balaban J connectivity index is 1.80. The number of carbonyl (C=O) groups is 1. The lowest BCUT2D eigenvalue weighted by Crippen LogP contribution is -2.38. The number of rotatable bonds is 3. The highest BCUT2D eigenvalue weighted by Gasteiger charge is 2.16. The number of nitrogens with one attached hydrogen (secondary N) is 1. The molecule has 1 aromatic heterocycles. The third-order valence-electron chi connectivity index (χ3n) is 4.22. The van der Waals surface area contributed by atoms with Crippen molar-refractivity contribution in [1.29, 1.82) is 0 Å². The molecule has 22 heavy (non-hydrogen) atoms. The molecule has 1 aliphatic carbocycles. The third-order valence-corrected chi connectivity index (χ3v) is 4.46. The maximum absolute atomic E-state index is 12.2. The summed E-state index contributed by atoms with van der Waals surface area (Å²) in [7, 11) is 0. The predicted molar refractivity (Wildman–Crippen MR) is 88.2 cm³/mol. The Morgan fingerprint density at radius 2 is 2.00 bits per heavy atom. The van der Waals surface area contributed by atoms with Gasteiger partial charge in [0.15, 0.2) is 5.43 Å². The number of nitrogens with zero attached hydrogens (tertiary/aromatic N) is 1. The van der Waals surface area contributed by atoms with E-state index < -0.39 is 0 Å². The number of fused-ring (bicyclic) bond motifs is 1. The quantitative estimate of drug-likeness (QED) is 0.945. The van der Waals surface area contributed by atoms with Crippen LogP contribution in [0.5, 0.6) is 0 Å². The van der Waals surface area contributed by atoms with Crippen LogP contribution in [0.25, 0.3) is 10.9 Å². The van der Waals surface area contributed by atoms with Gasteiger partial charge in [0.05, 0.1) is 5.52 Å². The van der Waals surface area contributed by atoms with Crippen LogP contribution < -0.4 is 10.7 Å². The van der Waals surface area contributed by atoms with Gasteiger partial charge in [0.2, 0.25) is 5.91 Å². The van der Waals surface area contributed by atoms with Crippen molar-refractivity contribution in [2.24, 2.45) is 0 Å². The Bertz CT molecular complexity index is 748. The number of hydrogen-bond acceptors (Lipinski definition) is 2. The lowest BCUT2D eigenvalue weighted by Gasteiger charge is -2.23. The van der Waals surface area contributed by atoms with Crippen molar-refractivity contribution in [1.82, 2.24) is 9.88 Å². The molecule has 1 N–H and O–H groups in total. The van der Waals surface area contributed by atoms with Gasteiger partial charge in [0.1, 0.15) is 6.54 Å². The second-order valence-electron chi connectivity index (χ2n) is 5.87. The van der Waals surface area contributed by atoms with Crippen molar-refractivity contribution in [2.75, 3.05) is 0 Å². The van der Waals surface area contributed by atoms with Gasteiger partial charge in [-0.15, -0.1) is 0 Å². The van der Waals surface area contributed by atoms with E-state index in [0.29, 0.717) is 16.5 Å². The highest BCUT2D eigenvalue weighted by molar-refractivity contribution is 6.31. The monoisotopic (exact) mass is 318 g/mol. The van der Waals surface area contributed by atoms with E-state index in [1.165, 1.54) is 25.3 Å². The summed E-state index contributed by atoms with van der Waals surface area (Å²) in [6, 6.07) is 6.94. The van der Waals surface area contributed by atoms with Crippen molar-refractivity contribution >= 4 is 28.4 Å². The van der Waals surface area contributed by atoms with Crippen molar-refractivity contribution < 1.29 is 4.79 Å². The lowest BCUT2D eigenvalue weighted by atomic mass is 9.95. The molecule has 0 unspecified atom stereocenters. The molecule has 0 saturated heterocycles. The van der Waals surface area contributed by atoms with E-state index >= 15 is 0 Å². The summed E-state index contributed by atoms with van der Waals surface area (Å²) in [5.41, 5.74) is 0.650. The van der Waals surface area contributed by atoms with E-state index in [9.17, 15) is 9.59 Å². The number of hydrogen-bond donors (Lipinski definition) is 1. The fraction of sp³-hybridized carbons (Fsp3) is 0.412. The van der Waals surface area contributed by atoms with E-state index in [-0.39, 0.29) is 17.9 Å². The number of pyridine rings is 1. The molecule has 5 heteroatoms. The van der Waals surface area contributed by atoms with E-state index in [2.05, 4.69) is 5.32 Å². The zero-order valence-corrected chi connectivity index (χ0v) is 13.1. The zero-order chi connectivity index (χ0) is 15.5. The first-order chi connectivity index (χ1) is 10.6. The molecule has 0 radical (unpaired) electrons. The van der Waals surface area contributed by atoms with Crippen LogP contribution in [0.2, 0.25) is 5.02 Å². The molecule has 1 heterocycles. The van der Waals surface area contributed by atoms with E-state index in [1.807, 2.05) is 0 Å². The molecule has 116 valence electrons. The van der Waals surface area contributed by atoms with E-state index in [0.717, 1.165) is 18.4 Å². The molecule has 1 amide bonds. The van der Waals surface area contributed by atoms with Crippen LogP contribution >= 0.6 is 11.6 Å². The summed E-state index contributed by atoms with van der Waals surface area (Å²) >= 11 is 5.95. The van der Waals surface area contributed by atoms with Gasteiger partial charge in [-0.25, -0.2) is 0 Å². The van der Waals surface area contributed by atoms with Gasteiger partial charge in [-0.05, 0) is 31.0 Å². The normalized spacial score (nSPS) is 15.9. The molecule has 0 atom stereocenters. The topological polar surface area (TPSA) is 51.1 Å². The minimum absolute atomic E-state index is 0.00759. The number of benzene rings is 1. The second-order valence-corrected chi connectivity index (χ2v) is 6.31. The van der Waals surface area contributed by atoms with Crippen LogP contribution in [-0.4, -0.2) is 16.5 Å². The molecule has 1 aromatic carbocycles. The second kappa shape index (κ2) is 6.53. The van der Waals surface area contributed by atoms with Crippen LogP contribution in [0.3, 0.4) is 0 Å². The number of aromatic nitrogens is 1. The molecule has 1 fully saturated rings. The summed E-state index contributed by atoms with van der Waals surface area (Å²) in [6.45, 7) is 0.217. The average molecular weight is 319 g/mol. The molecular formula is C17H19ClN2O2. The molecule has 2 aromatic rings. The van der Waals surface area contributed by atoms with Gasteiger partial charge in [-0.1, -0.05) is 30.9 Å². The Morgan fingerprint density at radius 3 is 2.77 bits per heavy atom. The van der Waals surface area contributed by atoms with Crippen LogP contribution in [0.15, 0.2) is 35.3 Å². The van der Waals surface area contributed by atoms with Crippen molar-refractivity contribution in [3.8, 4) is 0 Å². The van der Waals surface area contributed by atoms with Crippen molar-refractivity contribution in [3.05, 3.63) is 45.7 Å². The largest absolute Gasteiger partial charge is 0.352 e. The maximum atomic E-state index is 12.2. The Labute approximate surface area is 134 Å². The zero-order valence-electron chi connectivity index (χ0n) is 12.3.